The third-order valence-electron chi connectivity index (χ3n) is 2.80. The van der Waals surface area contributed by atoms with Gasteiger partial charge in [-0.25, -0.2) is 9.59 Å². The summed E-state index contributed by atoms with van der Waals surface area (Å²) in [4.78, 5) is 27.1. The second-order valence-electron chi connectivity index (χ2n) is 4.17. The monoisotopic (exact) mass is 237 g/mol. The van der Waals surface area contributed by atoms with Gasteiger partial charge in [0.15, 0.2) is 0 Å². The standard InChI is InChI=1S/C11H15N3O3/c1-7-6-8(9(12-7)10(15)16)13-11(17)14-4-2-3-5-14/h6,12H,2-5H2,1H3,(H,13,17)(H,15,16). The number of aromatic amines is 1. The quantitative estimate of drug-likeness (QED) is 0.731. The van der Waals surface area contributed by atoms with E-state index < -0.39 is 5.97 Å². The predicted molar refractivity (Wildman–Crippen MR) is 62.3 cm³/mol. The zero-order valence-corrected chi connectivity index (χ0v) is 9.62. The summed E-state index contributed by atoms with van der Waals surface area (Å²) in [5.41, 5.74) is 1.06. The van der Waals surface area contributed by atoms with Gasteiger partial charge < -0.3 is 20.3 Å². The van der Waals surface area contributed by atoms with Crippen LogP contribution in [-0.4, -0.2) is 40.1 Å². The van der Waals surface area contributed by atoms with E-state index in [-0.39, 0.29) is 11.7 Å². The van der Waals surface area contributed by atoms with Crippen LogP contribution in [0.3, 0.4) is 0 Å². The Kier molecular flexibility index (Phi) is 3.03. The lowest BCUT2D eigenvalue weighted by molar-refractivity contribution is 0.0692. The molecule has 0 atom stereocenters. The second kappa shape index (κ2) is 4.48. The molecule has 2 amide bonds. The molecule has 1 aromatic rings. The van der Waals surface area contributed by atoms with Crippen LogP contribution in [0.25, 0.3) is 0 Å². The first-order valence-electron chi connectivity index (χ1n) is 5.57. The van der Waals surface area contributed by atoms with Crippen molar-refractivity contribution in [2.45, 2.75) is 19.8 Å². The molecule has 1 aromatic heterocycles. The minimum absolute atomic E-state index is 0.0232. The van der Waals surface area contributed by atoms with E-state index in [1.807, 2.05) is 0 Å². The number of carboxylic acid groups (broad SMARTS) is 1. The van der Waals surface area contributed by atoms with Crippen molar-refractivity contribution in [3.63, 3.8) is 0 Å². The Bertz CT molecular complexity index is 447. The number of carbonyl (C=O) groups is 2. The van der Waals surface area contributed by atoms with E-state index in [1.54, 1.807) is 17.9 Å². The first-order valence-corrected chi connectivity index (χ1v) is 5.57. The molecule has 6 nitrogen and oxygen atoms in total. The van der Waals surface area contributed by atoms with E-state index in [0.29, 0.717) is 11.4 Å². The maximum atomic E-state index is 11.8. The molecule has 1 aliphatic rings. The van der Waals surface area contributed by atoms with Crippen LogP contribution >= 0.6 is 0 Å². The van der Waals surface area contributed by atoms with Gasteiger partial charge in [0.25, 0.3) is 0 Å². The highest BCUT2D eigenvalue weighted by Crippen LogP contribution is 2.18. The van der Waals surface area contributed by atoms with Crippen molar-refractivity contribution >= 4 is 17.7 Å². The molecule has 0 spiro atoms. The lowest BCUT2D eigenvalue weighted by atomic mass is 10.3. The number of amides is 2. The molecule has 1 fully saturated rings. The number of carbonyl (C=O) groups excluding carboxylic acids is 1. The Hall–Kier alpha value is -1.98. The molecule has 0 bridgehead atoms. The zero-order chi connectivity index (χ0) is 12.4. The normalized spacial score (nSPS) is 15.0. The lowest BCUT2D eigenvalue weighted by Crippen LogP contribution is -2.32. The molecule has 3 N–H and O–H groups in total. The molecule has 17 heavy (non-hydrogen) atoms. The van der Waals surface area contributed by atoms with E-state index in [2.05, 4.69) is 10.3 Å². The largest absolute Gasteiger partial charge is 0.477 e. The molecule has 1 aliphatic heterocycles. The summed E-state index contributed by atoms with van der Waals surface area (Å²) in [7, 11) is 0. The molecular weight excluding hydrogens is 222 g/mol. The van der Waals surface area contributed by atoms with Crippen LogP contribution in [0.1, 0.15) is 29.0 Å². The highest BCUT2D eigenvalue weighted by Gasteiger charge is 2.21. The van der Waals surface area contributed by atoms with E-state index in [1.165, 1.54) is 0 Å². The molecule has 0 aromatic carbocycles. The van der Waals surface area contributed by atoms with Crippen molar-refractivity contribution < 1.29 is 14.7 Å². The minimum Gasteiger partial charge on any atom is -0.477 e. The number of nitrogens with one attached hydrogen (secondary N) is 2. The Morgan fingerprint density at radius 2 is 2.06 bits per heavy atom. The highest BCUT2D eigenvalue weighted by atomic mass is 16.4. The number of H-pyrrole nitrogens is 1. The number of hydrogen-bond donors (Lipinski definition) is 3. The van der Waals surface area contributed by atoms with E-state index in [9.17, 15) is 9.59 Å². The summed E-state index contributed by atoms with van der Waals surface area (Å²) < 4.78 is 0. The Morgan fingerprint density at radius 1 is 1.41 bits per heavy atom. The highest BCUT2D eigenvalue weighted by molar-refractivity contribution is 5.99. The van der Waals surface area contributed by atoms with Gasteiger partial charge in [0, 0.05) is 18.8 Å². The maximum Gasteiger partial charge on any atom is 0.354 e. The van der Waals surface area contributed by atoms with Crippen molar-refractivity contribution in [2.75, 3.05) is 18.4 Å². The van der Waals surface area contributed by atoms with Crippen molar-refractivity contribution in [3.05, 3.63) is 17.5 Å². The Morgan fingerprint density at radius 3 is 2.65 bits per heavy atom. The number of rotatable bonds is 2. The fourth-order valence-electron chi connectivity index (χ4n) is 1.97. The second-order valence-corrected chi connectivity index (χ2v) is 4.17. The molecule has 2 rings (SSSR count). The topological polar surface area (TPSA) is 85.4 Å². The number of carboxylic acids is 1. The van der Waals surface area contributed by atoms with Crippen LogP contribution in [-0.2, 0) is 0 Å². The van der Waals surface area contributed by atoms with Crippen LogP contribution < -0.4 is 5.32 Å². The number of aromatic carboxylic acids is 1. The van der Waals surface area contributed by atoms with Crippen LogP contribution in [0.4, 0.5) is 10.5 Å². The van der Waals surface area contributed by atoms with Crippen LogP contribution in [0.15, 0.2) is 6.07 Å². The molecular formula is C11H15N3O3. The van der Waals surface area contributed by atoms with Crippen molar-refractivity contribution in [1.29, 1.82) is 0 Å². The number of anilines is 1. The summed E-state index contributed by atoms with van der Waals surface area (Å²) >= 11 is 0. The van der Waals surface area contributed by atoms with Gasteiger partial charge in [0.1, 0.15) is 5.69 Å². The molecule has 0 unspecified atom stereocenters. The molecule has 2 heterocycles. The molecule has 0 saturated carbocycles. The van der Waals surface area contributed by atoms with Crippen LogP contribution in [0.5, 0.6) is 0 Å². The van der Waals surface area contributed by atoms with Crippen LogP contribution in [0, 0.1) is 6.92 Å². The number of hydrogen-bond acceptors (Lipinski definition) is 2. The summed E-state index contributed by atoms with van der Waals surface area (Å²) in [6, 6.07) is 1.39. The first kappa shape index (κ1) is 11.5. The van der Waals surface area contributed by atoms with Crippen molar-refractivity contribution in [2.24, 2.45) is 0 Å². The predicted octanol–water partition coefficient (Wildman–Crippen LogP) is 1.65. The molecule has 0 radical (unpaired) electrons. The van der Waals surface area contributed by atoms with Crippen molar-refractivity contribution in [1.82, 2.24) is 9.88 Å². The van der Waals surface area contributed by atoms with E-state index in [4.69, 9.17) is 5.11 Å². The van der Waals surface area contributed by atoms with E-state index >= 15 is 0 Å². The van der Waals surface area contributed by atoms with Gasteiger partial charge in [0.2, 0.25) is 0 Å². The van der Waals surface area contributed by atoms with Gasteiger partial charge in [-0.15, -0.1) is 0 Å². The van der Waals surface area contributed by atoms with Gasteiger partial charge in [-0.1, -0.05) is 0 Å². The first-order chi connectivity index (χ1) is 8.08. The minimum atomic E-state index is -1.07. The Labute approximate surface area is 98.6 Å². The summed E-state index contributed by atoms with van der Waals surface area (Å²) in [5.74, 6) is -1.07. The number of aromatic nitrogens is 1. The van der Waals surface area contributed by atoms with Gasteiger partial charge >= 0.3 is 12.0 Å². The van der Waals surface area contributed by atoms with E-state index in [0.717, 1.165) is 25.9 Å². The average Bonchev–Trinajstić information content (AvgIpc) is 2.86. The van der Waals surface area contributed by atoms with Crippen LogP contribution in [0.2, 0.25) is 0 Å². The number of nitrogens with zero attached hydrogens (tertiary/aromatic N) is 1. The fourth-order valence-corrected chi connectivity index (χ4v) is 1.97. The average molecular weight is 237 g/mol. The number of aryl methyl sites for hydroxylation is 1. The number of urea groups is 1. The molecule has 92 valence electrons. The smallest absolute Gasteiger partial charge is 0.354 e. The maximum absolute atomic E-state index is 11.8. The van der Waals surface area contributed by atoms with Gasteiger partial charge in [-0.3, -0.25) is 0 Å². The third-order valence-corrected chi connectivity index (χ3v) is 2.80. The number of likely N-dealkylation sites (tertiary alicyclic amines) is 1. The lowest BCUT2D eigenvalue weighted by Gasteiger charge is -2.15. The SMILES string of the molecule is Cc1cc(NC(=O)N2CCCC2)c(C(=O)O)[nH]1. The summed E-state index contributed by atoms with van der Waals surface area (Å²) in [5, 5.41) is 11.6. The van der Waals surface area contributed by atoms with Gasteiger partial charge in [-0.2, -0.15) is 0 Å². The zero-order valence-electron chi connectivity index (χ0n) is 9.62. The molecule has 6 heteroatoms. The fraction of sp³-hybridized carbons (Fsp3) is 0.455. The third kappa shape index (κ3) is 2.41. The Balaban J connectivity index is 2.12. The summed E-state index contributed by atoms with van der Waals surface area (Å²) in [6.07, 6.45) is 2.01. The molecule has 1 saturated heterocycles. The van der Waals surface area contributed by atoms with Gasteiger partial charge in [0.05, 0.1) is 5.69 Å². The van der Waals surface area contributed by atoms with Gasteiger partial charge in [-0.05, 0) is 25.8 Å². The molecule has 0 aliphatic carbocycles. The van der Waals surface area contributed by atoms with Crippen molar-refractivity contribution in [3.8, 4) is 0 Å². The summed E-state index contributed by atoms with van der Waals surface area (Å²) in [6.45, 7) is 3.22.